The standard InChI is InChI=1S/C26H57N5/c1-2-3-4-5-6-7-8-9-10-11-12-13-14-15-16-17-19-28-21-23-30-25-26-31-24-22-29-20-18-27/h9-10,28-31H,2-8,11-27H2,1H3. The minimum Gasteiger partial charge on any atom is -0.329 e. The lowest BCUT2D eigenvalue weighted by molar-refractivity contribution is 0.545. The maximum atomic E-state index is 5.43. The fourth-order valence-electron chi connectivity index (χ4n) is 3.63. The molecule has 0 radical (unpaired) electrons. The number of hydrogen-bond acceptors (Lipinski definition) is 5. The number of allylic oxidation sites excluding steroid dienone is 2. The van der Waals surface area contributed by atoms with Crippen molar-refractivity contribution in [3.63, 3.8) is 0 Å². The highest BCUT2D eigenvalue weighted by Crippen LogP contribution is 2.09. The zero-order chi connectivity index (χ0) is 22.5. The van der Waals surface area contributed by atoms with Gasteiger partial charge in [0.15, 0.2) is 0 Å². The molecule has 0 saturated heterocycles. The average Bonchev–Trinajstić information content (AvgIpc) is 2.78. The number of nitrogens with two attached hydrogens (primary N) is 1. The number of hydrogen-bond donors (Lipinski definition) is 5. The summed E-state index contributed by atoms with van der Waals surface area (Å²) in [5.74, 6) is 0. The third-order valence-corrected chi connectivity index (χ3v) is 5.62. The van der Waals surface area contributed by atoms with E-state index < -0.39 is 0 Å². The van der Waals surface area contributed by atoms with Crippen molar-refractivity contribution < 1.29 is 0 Å². The summed E-state index contributed by atoms with van der Waals surface area (Å²) in [6.45, 7) is 11.3. The molecule has 6 N–H and O–H groups in total. The first-order chi connectivity index (χ1) is 15.4. The molecule has 0 fully saturated rings. The second-order valence-electron chi connectivity index (χ2n) is 8.73. The van der Waals surface area contributed by atoms with Crippen LogP contribution in [0, 0.1) is 0 Å². The van der Waals surface area contributed by atoms with Gasteiger partial charge in [0.2, 0.25) is 0 Å². The van der Waals surface area contributed by atoms with Gasteiger partial charge in [0.1, 0.15) is 0 Å². The van der Waals surface area contributed by atoms with E-state index in [9.17, 15) is 0 Å². The molecule has 0 aliphatic heterocycles. The summed E-state index contributed by atoms with van der Waals surface area (Å²) >= 11 is 0. The lowest BCUT2D eigenvalue weighted by atomic mass is 10.1. The molecule has 0 aromatic heterocycles. The molecule has 31 heavy (non-hydrogen) atoms. The Morgan fingerprint density at radius 3 is 1.32 bits per heavy atom. The van der Waals surface area contributed by atoms with E-state index in [1.54, 1.807) is 0 Å². The van der Waals surface area contributed by atoms with Crippen LogP contribution in [0.3, 0.4) is 0 Å². The number of rotatable bonds is 27. The molecule has 0 amide bonds. The summed E-state index contributed by atoms with van der Waals surface area (Å²) in [4.78, 5) is 0. The molecule has 0 saturated carbocycles. The van der Waals surface area contributed by atoms with Gasteiger partial charge in [0.25, 0.3) is 0 Å². The Hall–Kier alpha value is -0.460. The van der Waals surface area contributed by atoms with Gasteiger partial charge in [-0.25, -0.2) is 0 Å². The van der Waals surface area contributed by atoms with E-state index >= 15 is 0 Å². The molecule has 0 atom stereocenters. The molecule has 0 heterocycles. The van der Waals surface area contributed by atoms with Crippen LogP contribution in [0.2, 0.25) is 0 Å². The van der Waals surface area contributed by atoms with Crippen LogP contribution < -0.4 is 27.0 Å². The lowest BCUT2D eigenvalue weighted by Gasteiger charge is -2.08. The molecule has 0 aliphatic rings. The Morgan fingerprint density at radius 1 is 0.452 bits per heavy atom. The Morgan fingerprint density at radius 2 is 0.839 bits per heavy atom. The maximum Gasteiger partial charge on any atom is 0.00772 e. The van der Waals surface area contributed by atoms with Gasteiger partial charge in [-0.05, 0) is 38.6 Å². The van der Waals surface area contributed by atoms with Gasteiger partial charge in [-0.2, -0.15) is 0 Å². The topological polar surface area (TPSA) is 74.1 Å². The van der Waals surface area contributed by atoms with Crippen LogP contribution in [0.15, 0.2) is 12.2 Å². The van der Waals surface area contributed by atoms with Crippen LogP contribution in [0.25, 0.3) is 0 Å². The van der Waals surface area contributed by atoms with Gasteiger partial charge >= 0.3 is 0 Å². The van der Waals surface area contributed by atoms with Crippen LogP contribution in [-0.4, -0.2) is 58.9 Å². The van der Waals surface area contributed by atoms with Gasteiger partial charge in [-0.3, -0.25) is 0 Å². The van der Waals surface area contributed by atoms with Gasteiger partial charge in [-0.1, -0.05) is 76.9 Å². The molecule has 0 bridgehead atoms. The monoisotopic (exact) mass is 439 g/mol. The van der Waals surface area contributed by atoms with E-state index in [1.807, 2.05) is 0 Å². The third kappa shape index (κ3) is 29.5. The van der Waals surface area contributed by atoms with Crippen molar-refractivity contribution in [2.24, 2.45) is 5.73 Å². The second kappa shape index (κ2) is 29.5. The second-order valence-corrected chi connectivity index (χ2v) is 8.73. The van der Waals surface area contributed by atoms with Crippen molar-refractivity contribution >= 4 is 0 Å². The predicted octanol–water partition coefficient (Wildman–Crippen LogP) is 4.34. The Labute approximate surface area is 195 Å². The normalized spacial score (nSPS) is 11.7. The van der Waals surface area contributed by atoms with Crippen LogP contribution in [-0.2, 0) is 0 Å². The van der Waals surface area contributed by atoms with Gasteiger partial charge in [0, 0.05) is 52.4 Å². The summed E-state index contributed by atoms with van der Waals surface area (Å²) in [6, 6.07) is 0. The van der Waals surface area contributed by atoms with E-state index in [1.165, 1.54) is 89.9 Å². The van der Waals surface area contributed by atoms with Crippen LogP contribution in [0.1, 0.15) is 96.8 Å². The van der Waals surface area contributed by atoms with Crippen molar-refractivity contribution in [3.8, 4) is 0 Å². The Kier molecular flexibility index (Phi) is 29.1. The minimum absolute atomic E-state index is 0.714. The highest BCUT2D eigenvalue weighted by molar-refractivity contribution is 4.81. The largest absolute Gasteiger partial charge is 0.329 e. The molecular formula is C26H57N5. The summed E-state index contributed by atoms with van der Waals surface area (Å²) in [5, 5.41) is 13.7. The van der Waals surface area contributed by atoms with Crippen molar-refractivity contribution in [2.75, 3.05) is 58.9 Å². The van der Waals surface area contributed by atoms with Gasteiger partial charge in [0.05, 0.1) is 0 Å². The molecule has 5 heteroatoms. The summed E-state index contributed by atoms with van der Waals surface area (Å²) in [6.07, 6.45) is 24.1. The highest BCUT2D eigenvalue weighted by Gasteiger charge is 1.93. The summed E-state index contributed by atoms with van der Waals surface area (Å²) in [5.41, 5.74) is 5.43. The average molecular weight is 440 g/mol. The molecule has 0 aromatic rings. The molecule has 5 nitrogen and oxygen atoms in total. The molecule has 0 aromatic carbocycles. The maximum absolute atomic E-state index is 5.43. The Bertz CT molecular complexity index is 336. The van der Waals surface area contributed by atoms with E-state index in [2.05, 4.69) is 40.3 Å². The van der Waals surface area contributed by atoms with Crippen LogP contribution in [0.4, 0.5) is 0 Å². The zero-order valence-electron chi connectivity index (χ0n) is 21.0. The third-order valence-electron chi connectivity index (χ3n) is 5.62. The SMILES string of the molecule is CCCCCCCCC=CCCCCCCCCNCCNCCNCCNCCN. The van der Waals surface area contributed by atoms with E-state index in [0.29, 0.717) is 6.54 Å². The number of unbranched alkanes of at least 4 members (excludes halogenated alkanes) is 12. The molecule has 0 spiro atoms. The fraction of sp³-hybridized carbons (Fsp3) is 0.923. The van der Waals surface area contributed by atoms with Gasteiger partial charge in [-0.15, -0.1) is 0 Å². The summed E-state index contributed by atoms with van der Waals surface area (Å²) < 4.78 is 0. The zero-order valence-corrected chi connectivity index (χ0v) is 21.0. The van der Waals surface area contributed by atoms with E-state index in [4.69, 9.17) is 5.73 Å². The van der Waals surface area contributed by atoms with Gasteiger partial charge < -0.3 is 27.0 Å². The first-order valence-electron chi connectivity index (χ1n) is 13.6. The van der Waals surface area contributed by atoms with Crippen LogP contribution in [0.5, 0.6) is 0 Å². The minimum atomic E-state index is 0.714. The van der Waals surface area contributed by atoms with Crippen LogP contribution >= 0.6 is 0 Å². The fourth-order valence-corrected chi connectivity index (χ4v) is 3.63. The Balaban J connectivity index is 3.04. The molecule has 186 valence electrons. The van der Waals surface area contributed by atoms with Crippen molar-refractivity contribution in [1.29, 1.82) is 0 Å². The smallest absolute Gasteiger partial charge is 0.00772 e. The van der Waals surface area contributed by atoms with E-state index in [0.717, 1.165) is 52.4 Å². The van der Waals surface area contributed by atoms with Crippen molar-refractivity contribution in [2.45, 2.75) is 96.8 Å². The quantitative estimate of drug-likeness (QED) is 0.0972. The first-order valence-corrected chi connectivity index (χ1v) is 13.6. The predicted molar refractivity (Wildman–Crippen MR) is 140 cm³/mol. The molecule has 0 unspecified atom stereocenters. The summed E-state index contributed by atoms with van der Waals surface area (Å²) in [7, 11) is 0. The molecule has 0 rings (SSSR count). The molecule has 0 aliphatic carbocycles. The molecular weight excluding hydrogens is 382 g/mol. The van der Waals surface area contributed by atoms with Crippen molar-refractivity contribution in [3.05, 3.63) is 12.2 Å². The van der Waals surface area contributed by atoms with E-state index in [-0.39, 0.29) is 0 Å². The highest BCUT2D eigenvalue weighted by atomic mass is 15.0. The van der Waals surface area contributed by atoms with Crippen molar-refractivity contribution in [1.82, 2.24) is 21.3 Å². The number of nitrogens with one attached hydrogen (secondary N) is 4. The lowest BCUT2D eigenvalue weighted by Crippen LogP contribution is -2.36. The first kappa shape index (κ1) is 30.5.